The smallest absolute Gasteiger partial charge is 0.339 e. The van der Waals surface area contributed by atoms with Crippen molar-refractivity contribution in [2.45, 2.75) is 6.92 Å². The molecule has 1 saturated heterocycles. The summed E-state index contributed by atoms with van der Waals surface area (Å²) in [6.07, 6.45) is 0. The van der Waals surface area contributed by atoms with Crippen molar-refractivity contribution in [1.82, 2.24) is 0 Å². The van der Waals surface area contributed by atoms with Crippen LogP contribution in [0.5, 0.6) is 0 Å². The number of methoxy groups -OCH3 is 1. The van der Waals surface area contributed by atoms with Crippen LogP contribution in [0.3, 0.4) is 0 Å². The molecule has 154 valence electrons. The Kier molecular flexibility index (Phi) is 7.14. The number of hydrogen-bond acceptors (Lipinski definition) is 6. The van der Waals surface area contributed by atoms with Crippen LogP contribution in [0.4, 0.5) is 5.69 Å². The van der Waals surface area contributed by atoms with E-state index in [-0.39, 0.29) is 5.97 Å². The highest BCUT2D eigenvalue weighted by Crippen LogP contribution is 2.40. The van der Waals surface area contributed by atoms with Gasteiger partial charge in [0.25, 0.3) is 0 Å². The molecule has 0 aliphatic carbocycles. The standard InChI is InChI=1S/C21H20ClNO3S.CH4O/c1-13-20(16-5-4-15(22)12-19(16)27-13)14-3-6-18(17(11-14)21(24)25-2)23-7-9-26-10-8-23;1-2/h3-6,11-12H,7-10H2,1-2H3;2H,1H3. The zero-order valence-electron chi connectivity index (χ0n) is 16.7. The highest BCUT2D eigenvalue weighted by molar-refractivity contribution is 7.19. The molecule has 4 rings (SSSR count). The molecule has 3 aromatic rings. The minimum atomic E-state index is -0.321. The van der Waals surface area contributed by atoms with Gasteiger partial charge in [-0.2, -0.15) is 0 Å². The number of fused-ring (bicyclic) bond motifs is 1. The third-order valence-corrected chi connectivity index (χ3v) is 6.17. The van der Waals surface area contributed by atoms with Gasteiger partial charge in [0.05, 0.1) is 31.6 Å². The van der Waals surface area contributed by atoms with E-state index in [0.717, 1.165) is 52.1 Å². The van der Waals surface area contributed by atoms with Crippen LogP contribution < -0.4 is 4.90 Å². The number of aliphatic hydroxyl groups is 1. The van der Waals surface area contributed by atoms with Gasteiger partial charge < -0.3 is 19.5 Å². The topological polar surface area (TPSA) is 59.0 Å². The first-order chi connectivity index (χ1) is 14.1. The summed E-state index contributed by atoms with van der Waals surface area (Å²) >= 11 is 7.86. The molecule has 1 fully saturated rings. The van der Waals surface area contributed by atoms with E-state index in [0.29, 0.717) is 18.8 Å². The number of nitrogens with zero attached hydrogens (tertiary/aromatic N) is 1. The molecular weight excluding hydrogens is 410 g/mol. The number of ether oxygens (including phenoxy) is 2. The van der Waals surface area contributed by atoms with Crippen molar-refractivity contribution >= 4 is 44.7 Å². The lowest BCUT2D eigenvalue weighted by Crippen LogP contribution is -2.37. The Morgan fingerprint density at radius 3 is 2.59 bits per heavy atom. The molecule has 0 unspecified atom stereocenters. The lowest BCUT2D eigenvalue weighted by atomic mass is 9.98. The largest absolute Gasteiger partial charge is 0.465 e. The third kappa shape index (κ3) is 4.41. The number of aryl methyl sites for hydroxylation is 1. The summed E-state index contributed by atoms with van der Waals surface area (Å²) in [7, 11) is 2.42. The summed E-state index contributed by atoms with van der Waals surface area (Å²) < 4.78 is 11.6. The number of thiophene rings is 1. The van der Waals surface area contributed by atoms with E-state index in [1.165, 1.54) is 12.0 Å². The Balaban J connectivity index is 0.00000117. The predicted octanol–water partition coefficient (Wildman–Crippen LogP) is 4.76. The molecule has 0 saturated carbocycles. The maximum absolute atomic E-state index is 12.5. The van der Waals surface area contributed by atoms with E-state index >= 15 is 0 Å². The van der Waals surface area contributed by atoms with Crippen molar-refractivity contribution in [1.29, 1.82) is 0 Å². The maximum Gasteiger partial charge on any atom is 0.339 e. The number of morpholine rings is 1. The summed E-state index contributed by atoms with van der Waals surface area (Å²) in [5.41, 5.74) is 3.64. The molecule has 7 heteroatoms. The fourth-order valence-electron chi connectivity index (χ4n) is 3.60. The van der Waals surface area contributed by atoms with E-state index in [2.05, 4.69) is 17.9 Å². The SMILES string of the molecule is CO.COC(=O)c1cc(-c2c(C)sc3cc(Cl)ccc23)ccc1N1CCOCC1. The average molecular weight is 434 g/mol. The Morgan fingerprint density at radius 2 is 1.90 bits per heavy atom. The van der Waals surface area contributed by atoms with Crippen LogP contribution in [0.1, 0.15) is 15.2 Å². The first-order valence-electron chi connectivity index (χ1n) is 9.27. The monoisotopic (exact) mass is 433 g/mol. The summed E-state index contributed by atoms with van der Waals surface area (Å²) in [5, 5.41) is 8.88. The van der Waals surface area contributed by atoms with Crippen LogP contribution in [0.25, 0.3) is 21.2 Å². The number of rotatable bonds is 3. The van der Waals surface area contributed by atoms with E-state index < -0.39 is 0 Å². The summed E-state index contributed by atoms with van der Waals surface area (Å²) in [6.45, 7) is 4.96. The van der Waals surface area contributed by atoms with Gasteiger partial charge >= 0.3 is 5.97 Å². The minimum absolute atomic E-state index is 0.321. The van der Waals surface area contributed by atoms with Crippen LogP contribution in [0.2, 0.25) is 5.02 Å². The number of aliphatic hydroxyl groups excluding tert-OH is 1. The predicted molar refractivity (Wildman–Crippen MR) is 120 cm³/mol. The number of carbonyl (C=O) groups excluding carboxylic acids is 1. The van der Waals surface area contributed by atoms with Crippen LogP contribution in [-0.4, -0.2) is 51.6 Å². The van der Waals surface area contributed by atoms with Crippen molar-refractivity contribution in [2.24, 2.45) is 0 Å². The molecule has 1 aromatic heterocycles. The molecule has 0 bridgehead atoms. The molecule has 1 aliphatic heterocycles. The van der Waals surface area contributed by atoms with Gasteiger partial charge in [-0.05, 0) is 36.8 Å². The second-order valence-corrected chi connectivity index (χ2v) is 8.19. The Hall–Kier alpha value is -2.12. The second-order valence-electron chi connectivity index (χ2n) is 6.50. The molecular formula is C22H24ClNO4S. The molecule has 0 spiro atoms. The van der Waals surface area contributed by atoms with Gasteiger partial charge in [0.1, 0.15) is 0 Å². The van der Waals surface area contributed by atoms with Crippen molar-refractivity contribution in [3.8, 4) is 11.1 Å². The first-order valence-corrected chi connectivity index (χ1v) is 10.5. The van der Waals surface area contributed by atoms with Crippen molar-refractivity contribution in [3.63, 3.8) is 0 Å². The average Bonchev–Trinajstić information content (AvgIpc) is 3.09. The number of hydrogen-bond donors (Lipinski definition) is 1. The number of esters is 1. The molecule has 5 nitrogen and oxygen atoms in total. The van der Waals surface area contributed by atoms with E-state index in [4.69, 9.17) is 26.2 Å². The molecule has 1 N–H and O–H groups in total. The molecule has 0 amide bonds. The minimum Gasteiger partial charge on any atom is -0.465 e. The molecule has 2 aromatic carbocycles. The van der Waals surface area contributed by atoms with Gasteiger partial charge in [-0.3, -0.25) is 0 Å². The van der Waals surface area contributed by atoms with E-state index in [1.807, 2.05) is 30.3 Å². The Labute approximate surface area is 179 Å². The van der Waals surface area contributed by atoms with Crippen LogP contribution in [0, 0.1) is 6.92 Å². The number of anilines is 1. The normalized spacial score (nSPS) is 13.8. The summed E-state index contributed by atoms with van der Waals surface area (Å²) in [4.78, 5) is 15.9. The quantitative estimate of drug-likeness (QED) is 0.603. The fraction of sp³-hybridized carbons (Fsp3) is 0.318. The van der Waals surface area contributed by atoms with Crippen molar-refractivity contribution in [2.75, 3.05) is 45.4 Å². The molecule has 29 heavy (non-hydrogen) atoms. The van der Waals surface area contributed by atoms with E-state index in [1.54, 1.807) is 11.3 Å². The van der Waals surface area contributed by atoms with Gasteiger partial charge in [-0.25, -0.2) is 4.79 Å². The summed E-state index contributed by atoms with van der Waals surface area (Å²) in [6, 6.07) is 12.0. The highest BCUT2D eigenvalue weighted by atomic mass is 35.5. The van der Waals surface area contributed by atoms with Gasteiger partial charge in [0.2, 0.25) is 0 Å². The third-order valence-electron chi connectivity index (χ3n) is 4.87. The molecule has 2 heterocycles. The number of halogens is 1. The first kappa shape index (κ1) is 21.6. The number of carbonyl (C=O) groups is 1. The van der Waals surface area contributed by atoms with Crippen LogP contribution >= 0.6 is 22.9 Å². The van der Waals surface area contributed by atoms with Gasteiger partial charge in [-0.1, -0.05) is 23.7 Å². The van der Waals surface area contributed by atoms with Crippen molar-refractivity contribution in [3.05, 3.63) is 51.9 Å². The number of benzene rings is 2. The van der Waals surface area contributed by atoms with Gasteiger partial charge in [0, 0.05) is 45.7 Å². The molecule has 0 atom stereocenters. The van der Waals surface area contributed by atoms with Gasteiger partial charge in [0.15, 0.2) is 0 Å². The maximum atomic E-state index is 12.5. The molecule has 0 radical (unpaired) electrons. The second kappa shape index (κ2) is 9.59. The lowest BCUT2D eigenvalue weighted by molar-refractivity contribution is 0.0600. The van der Waals surface area contributed by atoms with Crippen LogP contribution in [0.15, 0.2) is 36.4 Å². The van der Waals surface area contributed by atoms with Crippen molar-refractivity contribution < 1.29 is 19.4 Å². The molecule has 1 aliphatic rings. The highest BCUT2D eigenvalue weighted by Gasteiger charge is 2.21. The Bertz CT molecular complexity index is 1010. The Morgan fingerprint density at radius 1 is 1.17 bits per heavy atom. The fourth-order valence-corrected chi connectivity index (χ4v) is 4.96. The summed E-state index contributed by atoms with van der Waals surface area (Å²) in [5.74, 6) is -0.321. The van der Waals surface area contributed by atoms with Gasteiger partial charge in [-0.15, -0.1) is 11.3 Å². The zero-order valence-corrected chi connectivity index (χ0v) is 18.3. The van der Waals surface area contributed by atoms with Crippen LogP contribution in [-0.2, 0) is 9.47 Å². The zero-order chi connectivity index (χ0) is 21.0. The van der Waals surface area contributed by atoms with E-state index in [9.17, 15) is 4.79 Å². The lowest BCUT2D eigenvalue weighted by Gasteiger charge is -2.30.